The van der Waals surface area contributed by atoms with Crippen molar-refractivity contribution in [2.24, 2.45) is 5.92 Å². The molecule has 122 valence electrons. The Morgan fingerprint density at radius 3 is 2.55 bits per heavy atom. The van der Waals surface area contributed by atoms with E-state index in [-0.39, 0.29) is 18.4 Å². The molecule has 1 heterocycles. The van der Waals surface area contributed by atoms with Crippen LogP contribution in [0, 0.1) is 5.92 Å². The number of carbonyl (C=O) groups is 1. The molecule has 0 aromatic heterocycles. The fourth-order valence-electron chi connectivity index (χ4n) is 2.95. The Balaban J connectivity index is 1.83. The molecule has 6 heteroatoms. The molecular formula is C16H20F3NO2. The zero-order valence-electron chi connectivity index (χ0n) is 12.2. The fourth-order valence-corrected chi connectivity index (χ4v) is 2.95. The van der Waals surface area contributed by atoms with Gasteiger partial charge in [-0.1, -0.05) is 12.1 Å². The molecule has 0 spiro atoms. The first-order valence-electron chi connectivity index (χ1n) is 7.46. The van der Waals surface area contributed by atoms with Crippen LogP contribution in [-0.2, 0) is 17.4 Å². The van der Waals surface area contributed by atoms with Gasteiger partial charge in [-0.3, -0.25) is 4.79 Å². The number of piperidine rings is 1. The predicted molar refractivity (Wildman–Crippen MR) is 76.5 cm³/mol. The van der Waals surface area contributed by atoms with E-state index in [4.69, 9.17) is 5.11 Å². The summed E-state index contributed by atoms with van der Waals surface area (Å²) in [5.74, 6) is -0.579. The third-order valence-corrected chi connectivity index (χ3v) is 4.13. The Bertz CT molecular complexity index is 499. The van der Waals surface area contributed by atoms with Gasteiger partial charge in [0.25, 0.3) is 0 Å². The monoisotopic (exact) mass is 315 g/mol. The second-order valence-electron chi connectivity index (χ2n) is 5.87. The van der Waals surface area contributed by atoms with E-state index in [1.807, 2.05) is 0 Å². The van der Waals surface area contributed by atoms with Crippen molar-refractivity contribution in [3.05, 3.63) is 35.4 Å². The van der Waals surface area contributed by atoms with Crippen LogP contribution in [0.1, 0.15) is 36.8 Å². The summed E-state index contributed by atoms with van der Waals surface area (Å²) in [5, 5.41) is 12.2. The van der Waals surface area contributed by atoms with E-state index >= 15 is 0 Å². The number of rotatable bonds is 5. The first-order chi connectivity index (χ1) is 10.3. The van der Waals surface area contributed by atoms with Gasteiger partial charge in [0, 0.05) is 12.5 Å². The predicted octanol–water partition coefficient (Wildman–Crippen LogP) is 3.48. The molecule has 0 amide bonds. The quantitative estimate of drug-likeness (QED) is 0.874. The van der Waals surface area contributed by atoms with E-state index < -0.39 is 17.7 Å². The van der Waals surface area contributed by atoms with Gasteiger partial charge in [0.05, 0.1) is 5.56 Å². The summed E-state index contributed by atoms with van der Waals surface area (Å²) >= 11 is 0. The fraction of sp³-hybridized carbons (Fsp3) is 0.562. The molecule has 1 aromatic carbocycles. The van der Waals surface area contributed by atoms with Gasteiger partial charge in [0.1, 0.15) is 0 Å². The second kappa shape index (κ2) is 7.13. The summed E-state index contributed by atoms with van der Waals surface area (Å²) in [4.78, 5) is 10.8. The number of hydrogen-bond acceptors (Lipinski definition) is 2. The van der Waals surface area contributed by atoms with Crippen molar-refractivity contribution >= 4 is 5.97 Å². The van der Waals surface area contributed by atoms with Crippen molar-refractivity contribution in [1.29, 1.82) is 0 Å². The van der Waals surface area contributed by atoms with Crippen molar-refractivity contribution < 1.29 is 23.1 Å². The van der Waals surface area contributed by atoms with Gasteiger partial charge >= 0.3 is 12.1 Å². The summed E-state index contributed by atoms with van der Waals surface area (Å²) < 4.78 is 37.5. The van der Waals surface area contributed by atoms with Gasteiger partial charge in [-0.05, 0) is 55.8 Å². The SMILES string of the molecule is O=C(O)CC1CCNC(CCc2ccc(C(F)(F)F)cc2)C1. The van der Waals surface area contributed by atoms with Crippen LogP contribution in [0.15, 0.2) is 24.3 Å². The topological polar surface area (TPSA) is 49.3 Å². The lowest BCUT2D eigenvalue weighted by atomic mass is 9.87. The zero-order valence-corrected chi connectivity index (χ0v) is 12.2. The average molecular weight is 315 g/mol. The molecule has 2 rings (SSSR count). The third kappa shape index (κ3) is 5.02. The highest BCUT2D eigenvalue weighted by atomic mass is 19.4. The number of alkyl halides is 3. The maximum atomic E-state index is 12.5. The number of carboxylic acid groups (broad SMARTS) is 1. The Hall–Kier alpha value is -1.56. The molecule has 3 nitrogen and oxygen atoms in total. The molecule has 1 fully saturated rings. The van der Waals surface area contributed by atoms with Crippen molar-refractivity contribution in [3.8, 4) is 0 Å². The smallest absolute Gasteiger partial charge is 0.416 e. The highest BCUT2D eigenvalue weighted by molar-refractivity contribution is 5.67. The Morgan fingerprint density at radius 1 is 1.27 bits per heavy atom. The van der Waals surface area contributed by atoms with E-state index in [1.165, 1.54) is 12.1 Å². The molecule has 1 aromatic rings. The Morgan fingerprint density at radius 2 is 1.95 bits per heavy atom. The lowest BCUT2D eigenvalue weighted by Crippen LogP contribution is -2.38. The van der Waals surface area contributed by atoms with Gasteiger partial charge < -0.3 is 10.4 Å². The van der Waals surface area contributed by atoms with Gasteiger partial charge in [-0.15, -0.1) is 0 Å². The van der Waals surface area contributed by atoms with Crippen molar-refractivity contribution in [3.63, 3.8) is 0 Å². The molecule has 22 heavy (non-hydrogen) atoms. The van der Waals surface area contributed by atoms with Crippen molar-refractivity contribution in [2.45, 2.75) is 44.3 Å². The lowest BCUT2D eigenvalue weighted by Gasteiger charge is -2.29. The van der Waals surface area contributed by atoms with Crippen LogP contribution in [0.2, 0.25) is 0 Å². The molecule has 0 radical (unpaired) electrons. The maximum Gasteiger partial charge on any atom is 0.416 e. The van der Waals surface area contributed by atoms with Crippen molar-refractivity contribution in [1.82, 2.24) is 5.32 Å². The first-order valence-corrected chi connectivity index (χ1v) is 7.46. The first kappa shape index (κ1) is 16.8. The van der Waals surface area contributed by atoms with Crippen molar-refractivity contribution in [2.75, 3.05) is 6.54 Å². The Kier molecular flexibility index (Phi) is 5.45. The summed E-state index contributed by atoms with van der Waals surface area (Å²) in [7, 11) is 0. The second-order valence-corrected chi connectivity index (χ2v) is 5.87. The largest absolute Gasteiger partial charge is 0.481 e. The van der Waals surface area contributed by atoms with Crippen LogP contribution in [0.4, 0.5) is 13.2 Å². The number of aryl methyl sites for hydroxylation is 1. The van der Waals surface area contributed by atoms with E-state index in [2.05, 4.69) is 5.32 Å². The van der Waals surface area contributed by atoms with Gasteiger partial charge in [-0.2, -0.15) is 13.2 Å². The third-order valence-electron chi connectivity index (χ3n) is 4.13. The Labute approximate surface area is 127 Å². The molecule has 0 bridgehead atoms. The molecule has 1 aliphatic rings. The summed E-state index contributed by atoms with van der Waals surface area (Å²) in [5.41, 5.74) is 0.240. The molecule has 1 saturated heterocycles. The number of aliphatic carboxylic acids is 1. The van der Waals surface area contributed by atoms with E-state index in [1.54, 1.807) is 0 Å². The molecule has 0 saturated carbocycles. The molecule has 1 aliphatic heterocycles. The lowest BCUT2D eigenvalue weighted by molar-refractivity contribution is -0.139. The number of benzene rings is 1. The number of carboxylic acids is 1. The summed E-state index contributed by atoms with van der Waals surface area (Å²) in [6.07, 6.45) is -0.931. The maximum absolute atomic E-state index is 12.5. The molecule has 0 aliphatic carbocycles. The molecule has 2 atom stereocenters. The minimum absolute atomic E-state index is 0.191. The van der Waals surface area contributed by atoms with Gasteiger partial charge in [-0.25, -0.2) is 0 Å². The summed E-state index contributed by atoms with van der Waals surface area (Å²) in [6.45, 7) is 0.801. The van der Waals surface area contributed by atoms with E-state index in [0.717, 1.165) is 43.5 Å². The minimum atomic E-state index is -4.30. The van der Waals surface area contributed by atoms with Crippen LogP contribution < -0.4 is 5.32 Å². The molecular weight excluding hydrogens is 295 g/mol. The normalized spacial score (nSPS) is 22.5. The van der Waals surface area contributed by atoms with E-state index in [9.17, 15) is 18.0 Å². The highest BCUT2D eigenvalue weighted by Crippen LogP contribution is 2.29. The van der Waals surface area contributed by atoms with Crippen LogP contribution in [0.3, 0.4) is 0 Å². The summed E-state index contributed by atoms with van der Waals surface area (Å²) in [6, 6.07) is 5.48. The van der Waals surface area contributed by atoms with Crippen LogP contribution in [0.5, 0.6) is 0 Å². The van der Waals surface area contributed by atoms with E-state index in [0.29, 0.717) is 6.42 Å². The van der Waals surface area contributed by atoms with Crippen LogP contribution in [0.25, 0.3) is 0 Å². The van der Waals surface area contributed by atoms with Crippen LogP contribution >= 0.6 is 0 Å². The van der Waals surface area contributed by atoms with Crippen LogP contribution in [-0.4, -0.2) is 23.7 Å². The van der Waals surface area contributed by atoms with Gasteiger partial charge in [0.15, 0.2) is 0 Å². The highest BCUT2D eigenvalue weighted by Gasteiger charge is 2.30. The molecule has 2 N–H and O–H groups in total. The standard InChI is InChI=1S/C16H20F3NO2/c17-16(18,19)13-4-1-11(2-5-13)3-6-14-9-12(7-8-20-14)10-15(21)22/h1-2,4-5,12,14,20H,3,6-10H2,(H,21,22). The molecule has 2 unspecified atom stereocenters. The average Bonchev–Trinajstić information content (AvgIpc) is 2.44. The number of hydrogen-bond donors (Lipinski definition) is 2. The number of nitrogens with one attached hydrogen (secondary N) is 1. The number of halogens is 3. The minimum Gasteiger partial charge on any atom is -0.481 e. The van der Waals surface area contributed by atoms with Gasteiger partial charge in [0.2, 0.25) is 0 Å². The zero-order chi connectivity index (χ0) is 16.2.